The fourth-order valence-corrected chi connectivity index (χ4v) is 1.92. The largest absolute Gasteiger partial charge is 0.478 e. The van der Waals surface area contributed by atoms with Crippen LogP contribution in [-0.2, 0) is 16.0 Å². The molecule has 0 aliphatic rings. The van der Waals surface area contributed by atoms with E-state index in [2.05, 4.69) is 17.4 Å². The normalized spacial score (nSPS) is 12.6. The number of carbonyl (C=O) groups is 2. The average Bonchev–Trinajstić information content (AvgIpc) is 2.42. The van der Waals surface area contributed by atoms with Crippen molar-refractivity contribution in [2.45, 2.75) is 32.7 Å². The lowest BCUT2D eigenvalue weighted by Crippen LogP contribution is -2.38. The number of carboxylic acids is 1. The fraction of sp³-hybridized carbons (Fsp3) is 0.375. The van der Waals surface area contributed by atoms with Gasteiger partial charge in [0.25, 0.3) is 0 Å². The molecule has 2 N–H and O–H groups in total. The van der Waals surface area contributed by atoms with E-state index < -0.39 is 5.97 Å². The molecule has 0 heterocycles. The van der Waals surface area contributed by atoms with Crippen molar-refractivity contribution < 1.29 is 14.7 Å². The minimum atomic E-state index is -1.12. The van der Waals surface area contributed by atoms with E-state index in [9.17, 15) is 9.59 Å². The van der Waals surface area contributed by atoms with Crippen LogP contribution in [0.2, 0.25) is 0 Å². The average molecular weight is 275 g/mol. The van der Waals surface area contributed by atoms with Crippen molar-refractivity contribution in [3.63, 3.8) is 0 Å². The minimum Gasteiger partial charge on any atom is -0.478 e. The predicted molar refractivity (Wildman–Crippen MR) is 78.3 cm³/mol. The van der Waals surface area contributed by atoms with Gasteiger partial charge in [0.1, 0.15) is 0 Å². The molecule has 1 atom stereocenters. The molecule has 108 valence electrons. The Morgan fingerprint density at radius 1 is 1.20 bits per heavy atom. The zero-order chi connectivity index (χ0) is 15.0. The van der Waals surface area contributed by atoms with Crippen molar-refractivity contribution in [3.05, 3.63) is 48.0 Å². The van der Waals surface area contributed by atoms with E-state index in [1.807, 2.05) is 32.0 Å². The van der Waals surface area contributed by atoms with Crippen molar-refractivity contribution in [1.82, 2.24) is 5.32 Å². The van der Waals surface area contributed by atoms with Crippen molar-refractivity contribution >= 4 is 11.9 Å². The first kappa shape index (κ1) is 16.0. The van der Waals surface area contributed by atoms with Gasteiger partial charge in [0.05, 0.1) is 0 Å². The maximum atomic E-state index is 11.6. The molecule has 0 aromatic heterocycles. The van der Waals surface area contributed by atoms with Gasteiger partial charge in [0.15, 0.2) is 0 Å². The molecule has 1 unspecified atom stereocenters. The third kappa shape index (κ3) is 6.18. The van der Waals surface area contributed by atoms with Gasteiger partial charge in [-0.1, -0.05) is 44.2 Å². The summed E-state index contributed by atoms with van der Waals surface area (Å²) < 4.78 is 0. The molecule has 0 aliphatic heterocycles. The molecule has 0 bridgehead atoms. The lowest BCUT2D eigenvalue weighted by Gasteiger charge is -2.21. The van der Waals surface area contributed by atoms with Crippen LogP contribution in [0.5, 0.6) is 0 Å². The number of benzene rings is 1. The number of nitrogens with one attached hydrogen (secondary N) is 1. The SMILES string of the molecule is CC(C)C(CCc1ccccc1)NC(=O)/C=C/C(=O)O. The van der Waals surface area contributed by atoms with Crippen LogP contribution in [0.15, 0.2) is 42.5 Å². The summed E-state index contributed by atoms with van der Waals surface area (Å²) in [5.74, 6) is -1.19. The first-order chi connectivity index (χ1) is 9.49. The van der Waals surface area contributed by atoms with Crippen LogP contribution < -0.4 is 5.32 Å². The highest BCUT2D eigenvalue weighted by Gasteiger charge is 2.15. The molecule has 20 heavy (non-hydrogen) atoms. The van der Waals surface area contributed by atoms with Gasteiger partial charge in [-0.05, 0) is 24.3 Å². The van der Waals surface area contributed by atoms with Gasteiger partial charge in [0, 0.05) is 18.2 Å². The van der Waals surface area contributed by atoms with E-state index in [-0.39, 0.29) is 11.9 Å². The van der Waals surface area contributed by atoms with Crippen LogP contribution in [0.3, 0.4) is 0 Å². The van der Waals surface area contributed by atoms with Gasteiger partial charge in [-0.2, -0.15) is 0 Å². The Labute approximate surface area is 119 Å². The quantitative estimate of drug-likeness (QED) is 0.751. The molecule has 0 saturated heterocycles. The number of rotatable bonds is 7. The number of aliphatic carboxylic acids is 1. The second kappa shape index (κ2) is 8.15. The maximum absolute atomic E-state index is 11.6. The van der Waals surface area contributed by atoms with E-state index in [1.165, 1.54) is 5.56 Å². The van der Waals surface area contributed by atoms with Gasteiger partial charge in [-0.3, -0.25) is 4.79 Å². The van der Waals surface area contributed by atoms with Crippen LogP contribution in [0, 0.1) is 5.92 Å². The van der Waals surface area contributed by atoms with E-state index in [1.54, 1.807) is 0 Å². The number of hydrogen-bond donors (Lipinski definition) is 2. The minimum absolute atomic E-state index is 0.0288. The summed E-state index contributed by atoms with van der Waals surface area (Å²) in [5.41, 5.74) is 1.23. The third-order valence-corrected chi connectivity index (χ3v) is 3.10. The molecule has 4 heteroatoms. The summed E-state index contributed by atoms with van der Waals surface area (Å²) in [6.45, 7) is 4.08. The highest BCUT2D eigenvalue weighted by atomic mass is 16.4. The zero-order valence-corrected chi connectivity index (χ0v) is 11.9. The smallest absolute Gasteiger partial charge is 0.328 e. The Balaban J connectivity index is 2.52. The molecule has 4 nitrogen and oxygen atoms in total. The maximum Gasteiger partial charge on any atom is 0.328 e. The van der Waals surface area contributed by atoms with E-state index in [0.717, 1.165) is 25.0 Å². The standard InChI is InChI=1S/C16H21NO3/c1-12(2)14(17-15(18)10-11-16(19)20)9-8-13-6-4-3-5-7-13/h3-7,10-12,14H,8-9H2,1-2H3,(H,17,18)(H,19,20)/b11-10+. The van der Waals surface area contributed by atoms with Gasteiger partial charge in [0.2, 0.25) is 5.91 Å². The molecule has 0 radical (unpaired) electrons. The number of carbonyl (C=O) groups excluding carboxylic acids is 1. The highest BCUT2D eigenvalue weighted by Crippen LogP contribution is 2.11. The van der Waals surface area contributed by atoms with Gasteiger partial charge in [-0.15, -0.1) is 0 Å². The van der Waals surface area contributed by atoms with Gasteiger partial charge < -0.3 is 10.4 Å². The van der Waals surface area contributed by atoms with Crippen LogP contribution in [-0.4, -0.2) is 23.0 Å². The highest BCUT2D eigenvalue weighted by molar-refractivity contribution is 5.93. The first-order valence-corrected chi connectivity index (χ1v) is 6.74. The monoisotopic (exact) mass is 275 g/mol. The van der Waals surface area contributed by atoms with Crippen molar-refractivity contribution in [2.24, 2.45) is 5.92 Å². The molecule has 1 aromatic rings. The topological polar surface area (TPSA) is 66.4 Å². The Morgan fingerprint density at radius 2 is 1.85 bits per heavy atom. The molecule has 0 spiro atoms. The number of hydrogen-bond acceptors (Lipinski definition) is 2. The van der Waals surface area contributed by atoms with E-state index in [0.29, 0.717) is 5.92 Å². The Morgan fingerprint density at radius 3 is 2.40 bits per heavy atom. The summed E-state index contributed by atoms with van der Waals surface area (Å²) in [6, 6.07) is 10.1. The van der Waals surface area contributed by atoms with Crippen LogP contribution in [0.1, 0.15) is 25.8 Å². The van der Waals surface area contributed by atoms with Crippen molar-refractivity contribution in [3.8, 4) is 0 Å². The summed E-state index contributed by atoms with van der Waals surface area (Å²) in [7, 11) is 0. The summed E-state index contributed by atoms with van der Waals surface area (Å²) in [4.78, 5) is 22.0. The van der Waals surface area contributed by atoms with Crippen molar-refractivity contribution in [1.29, 1.82) is 0 Å². The van der Waals surface area contributed by atoms with Crippen LogP contribution >= 0.6 is 0 Å². The van der Waals surface area contributed by atoms with E-state index >= 15 is 0 Å². The molecule has 1 rings (SSSR count). The van der Waals surface area contributed by atoms with Gasteiger partial charge in [-0.25, -0.2) is 4.79 Å². The predicted octanol–water partition coefficient (Wildman–Crippen LogP) is 2.40. The second-order valence-electron chi connectivity index (χ2n) is 5.05. The molecular formula is C16H21NO3. The second-order valence-corrected chi connectivity index (χ2v) is 5.05. The Kier molecular flexibility index (Phi) is 6.50. The molecule has 0 aliphatic carbocycles. The Bertz CT molecular complexity index is 466. The molecule has 1 amide bonds. The fourth-order valence-electron chi connectivity index (χ4n) is 1.92. The number of carboxylic acid groups (broad SMARTS) is 1. The lowest BCUT2D eigenvalue weighted by molar-refractivity contribution is -0.131. The summed E-state index contributed by atoms with van der Waals surface area (Å²) in [6.07, 6.45) is 3.62. The summed E-state index contributed by atoms with van der Waals surface area (Å²) in [5, 5.41) is 11.3. The molecular weight excluding hydrogens is 254 g/mol. The number of aryl methyl sites for hydroxylation is 1. The first-order valence-electron chi connectivity index (χ1n) is 6.74. The van der Waals surface area contributed by atoms with Crippen LogP contribution in [0.4, 0.5) is 0 Å². The van der Waals surface area contributed by atoms with Crippen molar-refractivity contribution in [2.75, 3.05) is 0 Å². The van der Waals surface area contributed by atoms with E-state index in [4.69, 9.17) is 5.11 Å². The molecule has 1 aromatic carbocycles. The Hall–Kier alpha value is -2.10. The van der Waals surface area contributed by atoms with Crippen LogP contribution in [0.25, 0.3) is 0 Å². The molecule has 0 fully saturated rings. The third-order valence-electron chi connectivity index (χ3n) is 3.10. The summed E-state index contributed by atoms with van der Waals surface area (Å²) >= 11 is 0. The zero-order valence-electron chi connectivity index (χ0n) is 11.9. The van der Waals surface area contributed by atoms with Gasteiger partial charge >= 0.3 is 5.97 Å². The number of amides is 1. The molecule has 0 saturated carbocycles. The lowest BCUT2D eigenvalue weighted by atomic mass is 9.96.